The first-order valence-electron chi connectivity index (χ1n) is 7.19. The standard InChI is InChI=1S/C13H26N6/c1-4-13(2,19-8-6-5-7-9-19)12(16-14)11-10-15-17-18(11)3/h10,12,16H,4-9,14H2,1-3H3. The summed E-state index contributed by atoms with van der Waals surface area (Å²) in [5.41, 5.74) is 4.02. The second-order valence-corrected chi connectivity index (χ2v) is 5.64. The zero-order valence-corrected chi connectivity index (χ0v) is 12.3. The number of nitrogens with one attached hydrogen (secondary N) is 1. The minimum absolute atomic E-state index is 0.00928. The van der Waals surface area contributed by atoms with Crippen LogP contribution in [0.3, 0.4) is 0 Å². The van der Waals surface area contributed by atoms with E-state index in [4.69, 9.17) is 5.84 Å². The fourth-order valence-corrected chi connectivity index (χ4v) is 3.16. The van der Waals surface area contributed by atoms with Crippen molar-refractivity contribution in [3.8, 4) is 0 Å². The van der Waals surface area contributed by atoms with E-state index in [1.165, 1.54) is 19.3 Å². The Balaban J connectivity index is 2.29. The zero-order valence-electron chi connectivity index (χ0n) is 12.3. The van der Waals surface area contributed by atoms with Gasteiger partial charge in [0.25, 0.3) is 0 Å². The van der Waals surface area contributed by atoms with E-state index in [0.29, 0.717) is 0 Å². The summed E-state index contributed by atoms with van der Waals surface area (Å²) in [6.07, 6.45) is 6.73. The van der Waals surface area contributed by atoms with Crippen LogP contribution >= 0.6 is 0 Å². The molecule has 0 aliphatic carbocycles. The topological polar surface area (TPSA) is 72.0 Å². The van der Waals surface area contributed by atoms with Crippen molar-refractivity contribution < 1.29 is 0 Å². The molecule has 1 aromatic rings. The molecular weight excluding hydrogens is 240 g/mol. The van der Waals surface area contributed by atoms with Gasteiger partial charge in [-0.1, -0.05) is 18.6 Å². The molecule has 0 amide bonds. The molecule has 0 radical (unpaired) electrons. The van der Waals surface area contributed by atoms with Crippen molar-refractivity contribution in [1.29, 1.82) is 0 Å². The number of likely N-dealkylation sites (tertiary alicyclic amines) is 1. The van der Waals surface area contributed by atoms with Gasteiger partial charge >= 0.3 is 0 Å². The molecule has 108 valence electrons. The molecule has 0 saturated carbocycles. The molecule has 2 heterocycles. The van der Waals surface area contributed by atoms with Crippen LogP contribution in [0.2, 0.25) is 0 Å². The number of aryl methyl sites for hydroxylation is 1. The van der Waals surface area contributed by atoms with E-state index >= 15 is 0 Å². The fourth-order valence-electron chi connectivity index (χ4n) is 3.16. The van der Waals surface area contributed by atoms with Gasteiger partial charge in [-0.2, -0.15) is 0 Å². The first-order chi connectivity index (χ1) is 9.13. The number of hydrazine groups is 1. The van der Waals surface area contributed by atoms with Gasteiger partial charge in [0.1, 0.15) is 0 Å². The summed E-state index contributed by atoms with van der Waals surface area (Å²) >= 11 is 0. The molecule has 2 unspecified atom stereocenters. The van der Waals surface area contributed by atoms with E-state index in [0.717, 1.165) is 25.2 Å². The SMILES string of the molecule is CCC(C)(C(NN)c1cnnn1C)N1CCCCC1. The molecule has 1 aliphatic rings. The average Bonchev–Trinajstić information content (AvgIpc) is 2.86. The van der Waals surface area contributed by atoms with Crippen molar-refractivity contribution in [2.75, 3.05) is 13.1 Å². The molecule has 1 aliphatic heterocycles. The van der Waals surface area contributed by atoms with Crippen molar-refractivity contribution in [2.24, 2.45) is 12.9 Å². The van der Waals surface area contributed by atoms with E-state index in [-0.39, 0.29) is 11.6 Å². The van der Waals surface area contributed by atoms with Crippen molar-refractivity contribution in [2.45, 2.75) is 51.1 Å². The molecule has 0 aromatic carbocycles. The Bertz CT molecular complexity index is 398. The number of nitrogens with zero attached hydrogens (tertiary/aromatic N) is 4. The highest BCUT2D eigenvalue weighted by molar-refractivity contribution is 5.11. The predicted octanol–water partition coefficient (Wildman–Crippen LogP) is 0.974. The fraction of sp³-hybridized carbons (Fsp3) is 0.846. The molecule has 19 heavy (non-hydrogen) atoms. The number of hydrogen-bond donors (Lipinski definition) is 2. The molecule has 0 bridgehead atoms. The minimum Gasteiger partial charge on any atom is -0.296 e. The van der Waals surface area contributed by atoms with Gasteiger partial charge in [0.2, 0.25) is 0 Å². The lowest BCUT2D eigenvalue weighted by atomic mass is 9.84. The summed E-state index contributed by atoms with van der Waals surface area (Å²) < 4.78 is 1.81. The van der Waals surface area contributed by atoms with E-state index < -0.39 is 0 Å². The molecule has 1 saturated heterocycles. The van der Waals surface area contributed by atoms with Gasteiger partial charge in [-0.15, -0.1) is 5.10 Å². The minimum atomic E-state index is -0.00928. The Morgan fingerprint density at radius 2 is 2.11 bits per heavy atom. The molecule has 6 heteroatoms. The summed E-state index contributed by atoms with van der Waals surface area (Å²) in [6, 6.07) is 0.0376. The lowest BCUT2D eigenvalue weighted by Crippen LogP contribution is -2.57. The lowest BCUT2D eigenvalue weighted by molar-refractivity contribution is 0.0400. The van der Waals surface area contributed by atoms with Crippen LogP contribution in [0.1, 0.15) is 51.3 Å². The first-order valence-corrected chi connectivity index (χ1v) is 7.19. The van der Waals surface area contributed by atoms with Gasteiger partial charge in [-0.05, 0) is 39.3 Å². The van der Waals surface area contributed by atoms with Crippen molar-refractivity contribution in [3.05, 3.63) is 11.9 Å². The molecular formula is C13H26N6. The molecule has 3 N–H and O–H groups in total. The van der Waals surface area contributed by atoms with Crippen molar-refractivity contribution in [3.63, 3.8) is 0 Å². The van der Waals surface area contributed by atoms with Crippen molar-refractivity contribution >= 4 is 0 Å². The maximum absolute atomic E-state index is 5.86. The molecule has 2 rings (SSSR count). The second kappa shape index (κ2) is 5.98. The number of rotatable bonds is 5. The third-order valence-electron chi connectivity index (χ3n) is 4.63. The number of aromatic nitrogens is 3. The number of nitrogens with two attached hydrogens (primary N) is 1. The second-order valence-electron chi connectivity index (χ2n) is 5.64. The summed E-state index contributed by atoms with van der Waals surface area (Å²) in [5.74, 6) is 5.86. The highest BCUT2D eigenvalue weighted by Crippen LogP contribution is 2.35. The molecule has 0 spiro atoms. The van der Waals surface area contributed by atoms with Gasteiger partial charge in [0.05, 0.1) is 17.9 Å². The van der Waals surface area contributed by atoms with Crippen molar-refractivity contribution in [1.82, 2.24) is 25.3 Å². The smallest absolute Gasteiger partial charge is 0.0825 e. The number of piperidine rings is 1. The highest BCUT2D eigenvalue weighted by atomic mass is 15.4. The molecule has 2 atom stereocenters. The van der Waals surface area contributed by atoms with Crippen LogP contribution in [0.25, 0.3) is 0 Å². The largest absolute Gasteiger partial charge is 0.296 e. The maximum Gasteiger partial charge on any atom is 0.0825 e. The summed E-state index contributed by atoms with van der Waals surface area (Å²) in [5, 5.41) is 8.01. The van der Waals surface area contributed by atoms with E-state index in [1.54, 1.807) is 0 Å². The Morgan fingerprint density at radius 1 is 1.42 bits per heavy atom. The van der Waals surface area contributed by atoms with Crippen LogP contribution in [-0.4, -0.2) is 38.5 Å². The van der Waals surface area contributed by atoms with Gasteiger partial charge < -0.3 is 0 Å². The maximum atomic E-state index is 5.86. The van der Waals surface area contributed by atoms with E-state index in [9.17, 15) is 0 Å². The van der Waals surface area contributed by atoms with Crippen LogP contribution in [-0.2, 0) is 7.05 Å². The van der Waals surface area contributed by atoms with E-state index in [2.05, 4.69) is 34.5 Å². The Hall–Kier alpha value is -0.980. The molecule has 1 fully saturated rings. The summed E-state index contributed by atoms with van der Waals surface area (Å²) in [7, 11) is 1.92. The zero-order chi connectivity index (χ0) is 13.9. The van der Waals surface area contributed by atoms with Crippen LogP contribution in [0.15, 0.2) is 6.20 Å². The van der Waals surface area contributed by atoms with E-state index in [1.807, 2.05) is 17.9 Å². The summed E-state index contributed by atoms with van der Waals surface area (Å²) in [6.45, 7) is 6.81. The lowest BCUT2D eigenvalue weighted by Gasteiger charge is -2.47. The quantitative estimate of drug-likeness (QED) is 0.614. The molecule has 6 nitrogen and oxygen atoms in total. The third kappa shape index (κ3) is 2.66. The van der Waals surface area contributed by atoms with Crippen LogP contribution in [0.5, 0.6) is 0 Å². The Morgan fingerprint density at radius 3 is 2.58 bits per heavy atom. The van der Waals surface area contributed by atoms with Gasteiger partial charge in [0.15, 0.2) is 0 Å². The predicted molar refractivity (Wildman–Crippen MR) is 75.2 cm³/mol. The van der Waals surface area contributed by atoms with Crippen LogP contribution in [0.4, 0.5) is 0 Å². The monoisotopic (exact) mass is 266 g/mol. The molecule has 1 aromatic heterocycles. The highest BCUT2D eigenvalue weighted by Gasteiger charge is 2.40. The Kier molecular flexibility index (Phi) is 4.54. The first kappa shape index (κ1) is 14.4. The van der Waals surface area contributed by atoms with Crippen LogP contribution in [0, 0.1) is 0 Å². The van der Waals surface area contributed by atoms with Gasteiger partial charge in [0, 0.05) is 12.6 Å². The van der Waals surface area contributed by atoms with Gasteiger partial charge in [-0.25, -0.2) is 5.43 Å². The Labute approximate surface area is 115 Å². The summed E-state index contributed by atoms with van der Waals surface area (Å²) in [4.78, 5) is 2.56. The van der Waals surface area contributed by atoms with Gasteiger partial charge in [-0.3, -0.25) is 15.4 Å². The number of hydrogen-bond acceptors (Lipinski definition) is 5. The van der Waals surface area contributed by atoms with Crippen LogP contribution < -0.4 is 11.3 Å². The normalized spacial score (nSPS) is 22.1. The third-order valence-corrected chi connectivity index (χ3v) is 4.63. The average molecular weight is 266 g/mol.